The molecule has 1 unspecified atom stereocenters. The van der Waals surface area contributed by atoms with Gasteiger partial charge in [-0.3, -0.25) is 9.89 Å². The third kappa shape index (κ3) is 5.89. The Labute approximate surface area is 205 Å². The van der Waals surface area contributed by atoms with Crippen molar-refractivity contribution in [2.45, 2.75) is 26.5 Å². The molecular formula is C26H31N5O4. The van der Waals surface area contributed by atoms with Crippen molar-refractivity contribution in [2.24, 2.45) is 9.98 Å². The molecule has 0 amide bonds. The fourth-order valence-electron chi connectivity index (χ4n) is 3.23. The van der Waals surface area contributed by atoms with Crippen LogP contribution in [0.3, 0.4) is 0 Å². The molecule has 2 N–H and O–H groups in total. The molecule has 0 spiro atoms. The standard InChI is InChI=1S/C26H31N5O4/c1-17(19-11-13-20(14-12-19)26(3,33)31(5)6)28-23(18(2)27-4)25-30-29-24(35-25)21-9-7-8-10-22(21)34-16-15-32/h7-14,32-33H,4,15-16H2,1-3,5-6H3/b23-18-,28-17?. The minimum Gasteiger partial charge on any atom is -0.490 e. The number of aliphatic hydroxyl groups excluding tert-OH is 1. The Bertz CT molecular complexity index is 1230. The van der Waals surface area contributed by atoms with Crippen LogP contribution < -0.4 is 4.74 Å². The third-order valence-corrected chi connectivity index (χ3v) is 5.67. The first-order valence-corrected chi connectivity index (χ1v) is 11.1. The molecule has 0 aliphatic carbocycles. The van der Waals surface area contributed by atoms with Crippen molar-refractivity contribution in [1.29, 1.82) is 0 Å². The first-order valence-electron chi connectivity index (χ1n) is 11.1. The number of para-hydroxylation sites is 1. The predicted molar refractivity (Wildman–Crippen MR) is 136 cm³/mol. The van der Waals surface area contributed by atoms with Gasteiger partial charge in [0.2, 0.25) is 0 Å². The first-order chi connectivity index (χ1) is 16.7. The summed E-state index contributed by atoms with van der Waals surface area (Å²) in [6.07, 6.45) is 0. The molecule has 3 aromatic rings. The lowest BCUT2D eigenvalue weighted by atomic mass is 10.0. The van der Waals surface area contributed by atoms with Gasteiger partial charge < -0.3 is 19.4 Å². The van der Waals surface area contributed by atoms with Gasteiger partial charge in [0, 0.05) is 5.71 Å². The highest BCUT2D eigenvalue weighted by Gasteiger charge is 2.25. The molecule has 9 nitrogen and oxygen atoms in total. The molecule has 2 aromatic carbocycles. The van der Waals surface area contributed by atoms with Crippen LogP contribution in [-0.4, -0.2) is 65.0 Å². The van der Waals surface area contributed by atoms with Gasteiger partial charge >= 0.3 is 0 Å². The molecule has 3 rings (SSSR count). The Balaban J connectivity index is 1.95. The topological polar surface area (TPSA) is 117 Å². The van der Waals surface area contributed by atoms with E-state index in [-0.39, 0.29) is 25.0 Å². The molecule has 1 heterocycles. The number of benzene rings is 2. The van der Waals surface area contributed by atoms with E-state index in [1.54, 1.807) is 30.9 Å². The van der Waals surface area contributed by atoms with Gasteiger partial charge in [-0.1, -0.05) is 36.4 Å². The summed E-state index contributed by atoms with van der Waals surface area (Å²) in [6.45, 7) is 9.02. The van der Waals surface area contributed by atoms with Gasteiger partial charge in [-0.15, -0.1) is 10.2 Å². The number of rotatable bonds is 10. The Hall–Kier alpha value is -3.66. The van der Waals surface area contributed by atoms with Crippen LogP contribution in [0, 0.1) is 0 Å². The normalized spacial score (nSPS) is 14.5. The van der Waals surface area contributed by atoms with Gasteiger partial charge in [0.15, 0.2) is 0 Å². The third-order valence-electron chi connectivity index (χ3n) is 5.67. The smallest absolute Gasteiger partial charge is 0.268 e. The van der Waals surface area contributed by atoms with Crippen LogP contribution in [0.2, 0.25) is 0 Å². The number of nitrogens with zero attached hydrogens (tertiary/aromatic N) is 5. The van der Waals surface area contributed by atoms with Gasteiger partial charge in [0.25, 0.3) is 11.8 Å². The molecule has 184 valence electrons. The lowest BCUT2D eigenvalue weighted by Crippen LogP contribution is -2.38. The number of aromatic nitrogens is 2. The predicted octanol–water partition coefficient (Wildman–Crippen LogP) is 3.73. The van der Waals surface area contributed by atoms with Crippen molar-refractivity contribution in [2.75, 3.05) is 27.3 Å². The fourth-order valence-corrected chi connectivity index (χ4v) is 3.23. The highest BCUT2D eigenvalue weighted by molar-refractivity contribution is 6.01. The van der Waals surface area contributed by atoms with Gasteiger partial charge in [0.1, 0.15) is 23.8 Å². The zero-order chi connectivity index (χ0) is 25.6. The molecule has 1 aromatic heterocycles. The van der Waals surface area contributed by atoms with Crippen LogP contribution in [0.1, 0.15) is 37.8 Å². The number of hydrogen-bond donors (Lipinski definition) is 2. The molecular weight excluding hydrogens is 446 g/mol. The summed E-state index contributed by atoms with van der Waals surface area (Å²) >= 11 is 0. The molecule has 9 heteroatoms. The van der Waals surface area contributed by atoms with Crippen LogP contribution in [0.15, 0.2) is 68.6 Å². The van der Waals surface area contributed by atoms with E-state index >= 15 is 0 Å². The Morgan fingerprint density at radius 1 is 1.11 bits per heavy atom. The highest BCUT2D eigenvalue weighted by atomic mass is 16.5. The van der Waals surface area contributed by atoms with Crippen molar-refractivity contribution < 1.29 is 19.4 Å². The number of hydrogen-bond acceptors (Lipinski definition) is 9. The van der Waals surface area contributed by atoms with Gasteiger partial charge in [-0.2, -0.15) is 0 Å². The Morgan fingerprint density at radius 2 is 1.80 bits per heavy atom. The molecule has 0 aliphatic heterocycles. The monoisotopic (exact) mass is 477 g/mol. The molecule has 0 saturated heterocycles. The summed E-state index contributed by atoms with van der Waals surface area (Å²) < 4.78 is 11.5. The molecule has 0 fully saturated rings. The van der Waals surface area contributed by atoms with E-state index in [9.17, 15) is 5.11 Å². The van der Waals surface area contributed by atoms with E-state index in [0.29, 0.717) is 28.4 Å². The molecule has 35 heavy (non-hydrogen) atoms. The van der Waals surface area contributed by atoms with Crippen LogP contribution in [0.4, 0.5) is 0 Å². The second-order valence-electron chi connectivity index (χ2n) is 8.26. The molecule has 0 bridgehead atoms. The average Bonchev–Trinajstić information content (AvgIpc) is 3.35. The van der Waals surface area contributed by atoms with Gasteiger partial charge in [0.05, 0.1) is 17.9 Å². The minimum atomic E-state index is -1.09. The fraction of sp³-hybridized carbons (Fsp3) is 0.308. The maximum atomic E-state index is 10.7. The molecule has 1 atom stereocenters. The molecule has 0 radical (unpaired) electrons. The maximum absolute atomic E-state index is 10.7. The van der Waals surface area contributed by atoms with Crippen LogP contribution in [-0.2, 0) is 5.72 Å². The van der Waals surface area contributed by atoms with Crippen LogP contribution >= 0.6 is 0 Å². The zero-order valence-corrected chi connectivity index (χ0v) is 20.7. The zero-order valence-electron chi connectivity index (χ0n) is 20.7. The average molecular weight is 478 g/mol. The van der Waals surface area contributed by atoms with Crippen LogP contribution in [0.5, 0.6) is 5.75 Å². The SMILES string of the molecule is C=N/C(C)=C(\N=C(C)c1ccc(C(C)(O)N(C)C)cc1)c1nnc(-c2ccccc2OCCO)o1. The maximum Gasteiger partial charge on any atom is 0.268 e. The van der Waals surface area contributed by atoms with Crippen molar-refractivity contribution >= 4 is 18.1 Å². The lowest BCUT2D eigenvalue weighted by Gasteiger charge is -2.31. The van der Waals surface area contributed by atoms with Crippen LogP contribution in [0.25, 0.3) is 17.2 Å². The van der Waals surface area contributed by atoms with E-state index in [4.69, 9.17) is 19.3 Å². The second kappa shape index (κ2) is 11.2. The summed E-state index contributed by atoms with van der Waals surface area (Å²) in [5.74, 6) is 0.966. The van der Waals surface area contributed by atoms with Gasteiger partial charge in [-0.05, 0) is 64.8 Å². The van der Waals surface area contributed by atoms with Crippen molar-refractivity contribution in [3.63, 3.8) is 0 Å². The Morgan fingerprint density at radius 3 is 2.43 bits per heavy atom. The first kappa shape index (κ1) is 26.0. The van der Waals surface area contributed by atoms with Crippen molar-refractivity contribution in [3.05, 3.63) is 71.2 Å². The summed E-state index contributed by atoms with van der Waals surface area (Å²) in [4.78, 5) is 10.5. The number of aliphatic hydroxyl groups is 2. The summed E-state index contributed by atoms with van der Waals surface area (Å²) in [5.41, 5.74) is 2.77. The number of allylic oxidation sites excluding steroid dienone is 1. The van der Waals surface area contributed by atoms with Crippen molar-refractivity contribution in [3.8, 4) is 17.2 Å². The van der Waals surface area contributed by atoms with E-state index in [1.807, 2.05) is 57.4 Å². The molecule has 0 aliphatic rings. The minimum absolute atomic E-state index is 0.109. The van der Waals surface area contributed by atoms with E-state index in [0.717, 1.165) is 11.1 Å². The summed E-state index contributed by atoms with van der Waals surface area (Å²) in [7, 11) is 3.64. The summed E-state index contributed by atoms with van der Waals surface area (Å²) in [6, 6.07) is 14.7. The lowest BCUT2D eigenvalue weighted by molar-refractivity contribution is -0.0720. The highest BCUT2D eigenvalue weighted by Crippen LogP contribution is 2.31. The largest absolute Gasteiger partial charge is 0.490 e. The Kier molecular flexibility index (Phi) is 8.29. The number of aliphatic imine (C=N–C) groups is 2. The van der Waals surface area contributed by atoms with E-state index < -0.39 is 5.72 Å². The molecule has 0 saturated carbocycles. The van der Waals surface area contributed by atoms with Gasteiger partial charge in [-0.25, -0.2) is 4.99 Å². The quantitative estimate of drug-likeness (QED) is 0.337. The van der Waals surface area contributed by atoms with E-state index in [1.165, 1.54) is 0 Å². The summed E-state index contributed by atoms with van der Waals surface area (Å²) in [5, 5.41) is 28.1. The second-order valence-corrected chi connectivity index (χ2v) is 8.26. The number of ether oxygens (including phenoxy) is 1. The van der Waals surface area contributed by atoms with Crippen molar-refractivity contribution in [1.82, 2.24) is 15.1 Å². The van der Waals surface area contributed by atoms with E-state index in [2.05, 4.69) is 21.9 Å².